The maximum Gasteiger partial charge on any atom is 0.0573 e. The molecule has 4 heteroatoms. The lowest BCUT2D eigenvalue weighted by Gasteiger charge is -2.32. The van der Waals surface area contributed by atoms with E-state index in [1.807, 2.05) is 11.3 Å². The van der Waals surface area contributed by atoms with E-state index in [1.54, 1.807) is 0 Å². The molecule has 4 atom stereocenters. The van der Waals surface area contributed by atoms with Gasteiger partial charge in [-0.05, 0) is 71.4 Å². The van der Waals surface area contributed by atoms with Crippen molar-refractivity contribution in [3.05, 3.63) is 20.8 Å². The summed E-state index contributed by atoms with van der Waals surface area (Å²) in [5, 5.41) is 2.15. The molecule has 0 saturated heterocycles. The molecule has 0 spiro atoms. The van der Waals surface area contributed by atoms with Gasteiger partial charge in [-0.1, -0.05) is 6.42 Å². The molecule has 2 fully saturated rings. The zero-order chi connectivity index (χ0) is 13.4. The summed E-state index contributed by atoms with van der Waals surface area (Å²) in [7, 11) is 2.25. The van der Waals surface area contributed by atoms with Crippen LogP contribution in [0.4, 0.5) is 0 Å². The molecule has 2 nitrogen and oxygen atoms in total. The Bertz CT molecular complexity index is 434. The maximum atomic E-state index is 6.03. The zero-order valence-corrected chi connectivity index (χ0v) is 13.9. The van der Waals surface area contributed by atoms with E-state index < -0.39 is 0 Å². The molecule has 2 aliphatic carbocycles. The lowest BCUT2D eigenvalue weighted by molar-refractivity contribution is 0.177. The SMILES string of the molecule is CN(CC1CC2CCC1C2)C(CN)c1sccc1Br. The number of halogens is 1. The molecule has 19 heavy (non-hydrogen) atoms. The fourth-order valence-electron chi connectivity index (χ4n) is 4.13. The van der Waals surface area contributed by atoms with Crippen molar-refractivity contribution in [2.24, 2.45) is 23.5 Å². The van der Waals surface area contributed by atoms with E-state index in [1.165, 1.54) is 41.6 Å². The second-order valence-corrected chi connectivity index (χ2v) is 8.06. The monoisotopic (exact) mass is 342 g/mol. The highest BCUT2D eigenvalue weighted by atomic mass is 79.9. The Morgan fingerprint density at radius 1 is 1.47 bits per heavy atom. The summed E-state index contributed by atoms with van der Waals surface area (Å²) in [6.07, 6.45) is 5.91. The molecule has 0 aromatic carbocycles. The Morgan fingerprint density at radius 3 is 2.84 bits per heavy atom. The van der Waals surface area contributed by atoms with Gasteiger partial charge in [0.15, 0.2) is 0 Å². The van der Waals surface area contributed by atoms with E-state index in [0.29, 0.717) is 12.6 Å². The van der Waals surface area contributed by atoms with Crippen molar-refractivity contribution in [3.63, 3.8) is 0 Å². The van der Waals surface area contributed by atoms with Gasteiger partial charge in [-0.3, -0.25) is 4.90 Å². The van der Waals surface area contributed by atoms with Crippen LogP contribution in [-0.4, -0.2) is 25.0 Å². The minimum atomic E-state index is 0.369. The molecule has 2 N–H and O–H groups in total. The largest absolute Gasteiger partial charge is 0.329 e. The number of hydrogen-bond acceptors (Lipinski definition) is 3. The third kappa shape index (κ3) is 2.78. The second-order valence-electron chi connectivity index (χ2n) is 6.26. The number of likely N-dealkylation sites (N-methyl/N-ethyl adjacent to an activating group) is 1. The molecule has 0 aliphatic heterocycles. The Morgan fingerprint density at radius 2 is 2.32 bits per heavy atom. The number of fused-ring (bicyclic) bond motifs is 2. The molecule has 0 radical (unpaired) electrons. The van der Waals surface area contributed by atoms with Gasteiger partial charge in [-0.25, -0.2) is 0 Å². The normalized spacial score (nSPS) is 31.3. The van der Waals surface area contributed by atoms with Crippen molar-refractivity contribution in [1.82, 2.24) is 4.90 Å². The first-order valence-corrected chi connectivity index (χ1v) is 8.99. The van der Waals surface area contributed by atoms with Crippen molar-refractivity contribution < 1.29 is 0 Å². The van der Waals surface area contributed by atoms with Crippen LogP contribution in [0.1, 0.15) is 36.6 Å². The standard InChI is InChI=1S/C15H23BrN2S/c1-18(9-12-7-10-2-3-11(12)6-10)14(8-17)15-13(16)4-5-19-15/h4-5,10-12,14H,2-3,6-9,17H2,1H3. The minimum absolute atomic E-state index is 0.369. The highest BCUT2D eigenvalue weighted by molar-refractivity contribution is 9.10. The third-order valence-electron chi connectivity index (χ3n) is 5.11. The predicted octanol–water partition coefficient (Wildman–Crippen LogP) is 3.88. The van der Waals surface area contributed by atoms with E-state index in [2.05, 4.69) is 39.3 Å². The lowest BCUT2D eigenvalue weighted by atomic mass is 9.88. The van der Waals surface area contributed by atoms with Crippen LogP contribution in [-0.2, 0) is 0 Å². The molecule has 4 unspecified atom stereocenters. The van der Waals surface area contributed by atoms with Gasteiger partial charge in [-0.2, -0.15) is 0 Å². The minimum Gasteiger partial charge on any atom is -0.329 e. The van der Waals surface area contributed by atoms with Gasteiger partial charge >= 0.3 is 0 Å². The molecule has 1 aromatic heterocycles. The van der Waals surface area contributed by atoms with Crippen LogP contribution < -0.4 is 5.73 Å². The fourth-order valence-corrected chi connectivity index (χ4v) is 5.94. The fraction of sp³-hybridized carbons (Fsp3) is 0.733. The lowest BCUT2D eigenvalue weighted by Crippen LogP contribution is -2.35. The van der Waals surface area contributed by atoms with Gasteiger partial charge in [0.05, 0.1) is 6.04 Å². The Hall–Kier alpha value is 0.100. The summed E-state index contributed by atoms with van der Waals surface area (Å²) in [6, 6.07) is 2.50. The Balaban J connectivity index is 1.65. The highest BCUT2D eigenvalue weighted by Crippen LogP contribution is 2.48. The predicted molar refractivity (Wildman–Crippen MR) is 85.4 cm³/mol. The summed E-state index contributed by atoms with van der Waals surface area (Å²) in [5.74, 6) is 2.95. The summed E-state index contributed by atoms with van der Waals surface area (Å²) < 4.78 is 1.22. The quantitative estimate of drug-likeness (QED) is 0.879. The second kappa shape index (κ2) is 5.84. The third-order valence-corrected chi connectivity index (χ3v) is 7.08. The van der Waals surface area contributed by atoms with Crippen LogP contribution in [0.15, 0.2) is 15.9 Å². The van der Waals surface area contributed by atoms with Crippen LogP contribution in [0.5, 0.6) is 0 Å². The molecule has 106 valence electrons. The van der Waals surface area contributed by atoms with Gasteiger partial charge in [-0.15, -0.1) is 11.3 Å². The van der Waals surface area contributed by atoms with Crippen molar-refractivity contribution >= 4 is 27.3 Å². The first-order chi connectivity index (χ1) is 9.19. The Kier molecular flexibility index (Phi) is 4.32. The number of nitrogens with zero attached hydrogens (tertiary/aromatic N) is 1. The Labute approximate surface area is 128 Å². The zero-order valence-electron chi connectivity index (χ0n) is 11.5. The summed E-state index contributed by atoms with van der Waals surface area (Å²) >= 11 is 5.46. The van der Waals surface area contributed by atoms with Gasteiger partial charge in [0.1, 0.15) is 0 Å². The van der Waals surface area contributed by atoms with Gasteiger partial charge in [0, 0.05) is 22.4 Å². The molecule has 1 heterocycles. The van der Waals surface area contributed by atoms with Gasteiger partial charge in [0.2, 0.25) is 0 Å². The molecule has 1 aromatic rings. The number of hydrogen-bond donors (Lipinski definition) is 1. The van der Waals surface area contributed by atoms with Crippen LogP contribution >= 0.6 is 27.3 Å². The van der Waals surface area contributed by atoms with Crippen molar-refractivity contribution in [2.45, 2.75) is 31.7 Å². The number of rotatable bonds is 5. The van der Waals surface area contributed by atoms with Crippen LogP contribution in [0.2, 0.25) is 0 Å². The molecule has 3 rings (SSSR count). The average Bonchev–Trinajstić information content (AvgIpc) is 3.08. The van der Waals surface area contributed by atoms with E-state index in [4.69, 9.17) is 5.73 Å². The van der Waals surface area contributed by atoms with Crippen molar-refractivity contribution in [2.75, 3.05) is 20.1 Å². The summed E-state index contributed by atoms with van der Waals surface area (Å²) in [6.45, 7) is 1.92. The van der Waals surface area contributed by atoms with Crippen molar-refractivity contribution in [3.8, 4) is 0 Å². The molecule has 2 aliphatic rings. The molecule has 2 bridgehead atoms. The first-order valence-electron chi connectivity index (χ1n) is 7.32. The van der Waals surface area contributed by atoms with Crippen LogP contribution in [0.3, 0.4) is 0 Å². The topological polar surface area (TPSA) is 29.3 Å². The molecular weight excluding hydrogens is 320 g/mol. The van der Waals surface area contributed by atoms with Crippen LogP contribution in [0, 0.1) is 17.8 Å². The number of nitrogens with two attached hydrogens (primary N) is 1. The number of thiophene rings is 1. The first kappa shape index (κ1) is 14.1. The molecule has 2 saturated carbocycles. The summed E-state index contributed by atoms with van der Waals surface area (Å²) in [4.78, 5) is 3.87. The molecular formula is C15H23BrN2S. The maximum absolute atomic E-state index is 6.03. The van der Waals surface area contributed by atoms with Crippen LogP contribution in [0.25, 0.3) is 0 Å². The van der Waals surface area contributed by atoms with E-state index in [9.17, 15) is 0 Å². The van der Waals surface area contributed by atoms with E-state index in [-0.39, 0.29) is 0 Å². The van der Waals surface area contributed by atoms with E-state index in [0.717, 1.165) is 17.8 Å². The van der Waals surface area contributed by atoms with E-state index >= 15 is 0 Å². The van der Waals surface area contributed by atoms with Gasteiger partial charge in [0.25, 0.3) is 0 Å². The highest BCUT2D eigenvalue weighted by Gasteiger charge is 2.40. The van der Waals surface area contributed by atoms with Gasteiger partial charge < -0.3 is 5.73 Å². The smallest absolute Gasteiger partial charge is 0.0573 e. The molecule has 0 amide bonds. The average molecular weight is 343 g/mol. The summed E-state index contributed by atoms with van der Waals surface area (Å²) in [5.41, 5.74) is 6.03. The van der Waals surface area contributed by atoms with Crippen molar-refractivity contribution in [1.29, 1.82) is 0 Å².